The molecule has 0 radical (unpaired) electrons. The molecule has 1 atom stereocenters. The molecule has 4 rings (SSSR count). The number of likely N-dealkylation sites (tertiary alicyclic amines) is 1. The third-order valence-electron chi connectivity index (χ3n) is 4.89. The van der Waals surface area contributed by atoms with E-state index in [1.165, 1.54) is 0 Å². The van der Waals surface area contributed by atoms with Gasteiger partial charge >= 0.3 is 0 Å². The van der Waals surface area contributed by atoms with E-state index in [9.17, 15) is 4.79 Å². The molecule has 1 aliphatic rings. The molecule has 0 aliphatic carbocycles. The quantitative estimate of drug-likeness (QED) is 0.675. The minimum atomic E-state index is 0.0138. The number of carbonyl (C=O) groups excluding carboxylic acids is 1. The van der Waals surface area contributed by atoms with Crippen molar-refractivity contribution in [3.05, 3.63) is 66.5 Å². The topological polar surface area (TPSA) is 88.8 Å². The van der Waals surface area contributed by atoms with Gasteiger partial charge in [0.2, 0.25) is 5.91 Å². The van der Waals surface area contributed by atoms with Crippen molar-refractivity contribution in [1.29, 1.82) is 0 Å². The molecule has 3 aromatic heterocycles. The van der Waals surface area contributed by atoms with E-state index in [4.69, 9.17) is 0 Å². The van der Waals surface area contributed by atoms with E-state index in [1.54, 1.807) is 41.6 Å². The number of rotatable bonds is 5. The Hall–Kier alpha value is -3.55. The van der Waals surface area contributed by atoms with E-state index in [2.05, 4.69) is 25.4 Å². The highest BCUT2D eigenvalue weighted by atomic mass is 16.2. The van der Waals surface area contributed by atoms with Crippen LogP contribution in [0.25, 0.3) is 6.08 Å². The van der Waals surface area contributed by atoms with Crippen LogP contribution in [0.1, 0.15) is 30.0 Å². The molecule has 148 valence electrons. The molecule has 3 aromatic rings. The Labute approximate surface area is 169 Å². The van der Waals surface area contributed by atoms with E-state index < -0.39 is 0 Å². The zero-order chi connectivity index (χ0) is 20.1. The number of pyridine rings is 1. The standard InChI is InChI=1S/C21H23N7O/c1-27-14-16(11-25-27)7-8-21(29)28-10-4-5-17(15-28)18-12-24-20(13-23-18)26-19-6-2-3-9-22-19/h2-3,6-9,11-14,17H,4-5,10,15H2,1H3,(H,22,24,26)/b8-7+. The number of amides is 1. The van der Waals surface area contributed by atoms with E-state index in [1.807, 2.05) is 36.3 Å². The zero-order valence-corrected chi connectivity index (χ0v) is 16.3. The lowest BCUT2D eigenvalue weighted by molar-refractivity contribution is -0.127. The van der Waals surface area contributed by atoms with Gasteiger partial charge in [0.15, 0.2) is 0 Å². The maximum Gasteiger partial charge on any atom is 0.246 e. The lowest BCUT2D eigenvalue weighted by atomic mass is 9.95. The summed E-state index contributed by atoms with van der Waals surface area (Å²) < 4.78 is 1.71. The third-order valence-corrected chi connectivity index (χ3v) is 4.89. The molecule has 1 saturated heterocycles. The molecule has 4 heterocycles. The van der Waals surface area contributed by atoms with Gasteiger partial charge in [-0.1, -0.05) is 6.07 Å². The Morgan fingerprint density at radius 1 is 1.17 bits per heavy atom. The highest BCUT2D eigenvalue weighted by molar-refractivity contribution is 5.91. The Bertz CT molecular complexity index is 982. The number of aryl methyl sites for hydroxylation is 1. The molecular weight excluding hydrogens is 366 g/mol. The van der Waals surface area contributed by atoms with Gasteiger partial charge in [0.1, 0.15) is 11.6 Å². The predicted molar refractivity (Wildman–Crippen MR) is 110 cm³/mol. The minimum Gasteiger partial charge on any atom is -0.338 e. The van der Waals surface area contributed by atoms with Gasteiger partial charge < -0.3 is 10.2 Å². The van der Waals surface area contributed by atoms with Crippen molar-refractivity contribution in [3.8, 4) is 0 Å². The van der Waals surface area contributed by atoms with Crippen molar-refractivity contribution in [3.63, 3.8) is 0 Å². The number of hydrogen-bond acceptors (Lipinski definition) is 6. The molecule has 1 N–H and O–H groups in total. The van der Waals surface area contributed by atoms with E-state index >= 15 is 0 Å². The molecule has 0 spiro atoms. The fraction of sp³-hybridized carbons (Fsp3) is 0.286. The largest absolute Gasteiger partial charge is 0.338 e. The molecular formula is C21H23N7O. The first-order chi connectivity index (χ1) is 14.2. The molecule has 8 heteroatoms. The van der Waals surface area contributed by atoms with Crippen LogP contribution in [0.2, 0.25) is 0 Å². The van der Waals surface area contributed by atoms with Crippen molar-refractivity contribution < 1.29 is 4.79 Å². The summed E-state index contributed by atoms with van der Waals surface area (Å²) in [5, 5.41) is 7.24. The summed E-state index contributed by atoms with van der Waals surface area (Å²) in [6.45, 7) is 1.41. The van der Waals surface area contributed by atoms with Crippen LogP contribution in [-0.4, -0.2) is 48.6 Å². The van der Waals surface area contributed by atoms with Crippen LogP contribution in [0.3, 0.4) is 0 Å². The van der Waals surface area contributed by atoms with Crippen LogP contribution in [0.15, 0.2) is 55.3 Å². The summed E-state index contributed by atoms with van der Waals surface area (Å²) in [5.41, 5.74) is 1.82. The van der Waals surface area contributed by atoms with Crippen LogP contribution in [0.4, 0.5) is 11.6 Å². The number of nitrogens with zero attached hydrogens (tertiary/aromatic N) is 6. The second-order valence-electron chi connectivity index (χ2n) is 7.07. The first kappa shape index (κ1) is 18.8. The number of hydrogen-bond donors (Lipinski definition) is 1. The van der Waals surface area contributed by atoms with Crippen molar-refractivity contribution in [2.24, 2.45) is 7.05 Å². The van der Waals surface area contributed by atoms with Crippen LogP contribution < -0.4 is 5.32 Å². The number of aromatic nitrogens is 5. The van der Waals surface area contributed by atoms with Crippen molar-refractivity contribution >= 4 is 23.6 Å². The first-order valence-corrected chi connectivity index (χ1v) is 9.63. The summed E-state index contributed by atoms with van der Waals surface area (Å²) in [4.78, 5) is 27.7. The Morgan fingerprint density at radius 3 is 2.83 bits per heavy atom. The summed E-state index contributed by atoms with van der Waals surface area (Å²) in [6.07, 6.45) is 14.2. The van der Waals surface area contributed by atoms with E-state index in [-0.39, 0.29) is 11.8 Å². The smallest absolute Gasteiger partial charge is 0.246 e. The van der Waals surface area contributed by atoms with Crippen molar-refractivity contribution in [1.82, 2.24) is 29.6 Å². The van der Waals surface area contributed by atoms with Gasteiger partial charge in [-0.25, -0.2) is 9.97 Å². The summed E-state index contributed by atoms with van der Waals surface area (Å²) >= 11 is 0. The number of nitrogens with one attached hydrogen (secondary N) is 1. The lowest BCUT2D eigenvalue weighted by Gasteiger charge is -2.31. The molecule has 29 heavy (non-hydrogen) atoms. The van der Waals surface area contributed by atoms with Crippen LogP contribution in [0.5, 0.6) is 0 Å². The van der Waals surface area contributed by atoms with Gasteiger partial charge in [0.25, 0.3) is 0 Å². The highest BCUT2D eigenvalue weighted by Crippen LogP contribution is 2.26. The second-order valence-corrected chi connectivity index (χ2v) is 7.07. The average Bonchev–Trinajstić information content (AvgIpc) is 3.18. The van der Waals surface area contributed by atoms with Gasteiger partial charge in [-0.05, 0) is 31.1 Å². The normalized spacial score (nSPS) is 16.9. The van der Waals surface area contributed by atoms with Gasteiger partial charge in [-0.3, -0.25) is 14.5 Å². The molecule has 8 nitrogen and oxygen atoms in total. The van der Waals surface area contributed by atoms with Crippen LogP contribution in [0, 0.1) is 0 Å². The maximum atomic E-state index is 12.6. The second kappa shape index (κ2) is 8.64. The minimum absolute atomic E-state index is 0.0138. The van der Waals surface area contributed by atoms with E-state index in [0.29, 0.717) is 12.4 Å². The first-order valence-electron chi connectivity index (χ1n) is 9.63. The summed E-state index contributed by atoms with van der Waals surface area (Å²) in [6, 6.07) is 5.65. The third kappa shape index (κ3) is 4.84. The highest BCUT2D eigenvalue weighted by Gasteiger charge is 2.24. The Kier molecular flexibility index (Phi) is 5.60. The van der Waals surface area contributed by atoms with Gasteiger partial charge in [-0.15, -0.1) is 0 Å². The van der Waals surface area contributed by atoms with Gasteiger partial charge in [0.05, 0.1) is 24.3 Å². The number of piperidine rings is 1. The number of anilines is 2. The summed E-state index contributed by atoms with van der Waals surface area (Å²) in [5.74, 6) is 1.58. The van der Waals surface area contributed by atoms with E-state index in [0.717, 1.165) is 36.5 Å². The Balaban J connectivity index is 1.37. The van der Waals surface area contributed by atoms with Crippen molar-refractivity contribution in [2.75, 3.05) is 18.4 Å². The molecule has 1 fully saturated rings. The predicted octanol–water partition coefficient (Wildman–Crippen LogP) is 2.77. The van der Waals surface area contributed by atoms with Crippen LogP contribution >= 0.6 is 0 Å². The van der Waals surface area contributed by atoms with Crippen molar-refractivity contribution in [2.45, 2.75) is 18.8 Å². The lowest BCUT2D eigenvalue weighted by Crippen LogP contribution is -2.38. The van der Waals surface area contributed by atoms with Crippen LogP contribution in [-0.2, 0) is 11.8 Å². The molecule has 1 unspecified atom stereocenters. The zero-order valence-electron chi connectivity index (χ0n) is 16.3. The fourth-order valence-electron chi connectivity index (χ4n) is 3.40. The average molecular weight is 389 g/mol. The molecule has 1 amide bonds. The molecule has 0 saturated carbocycles. The van der Waals surface area contributed by atoms with Gasteiger partial charge in [-0.2, -0.15) is 5.10 Å². The summed E-state index contributed by atoms with van der Waals surface area (Å²) in [7, 11) is 1.85. The Morgan fingerprint density at radius 2 is 2.10 bits per heavy atom. The SMILES string of the molecule is Cn1cc(/C=C/C(=O)N2CCCC(c3cnc(Nc4ccccn4)cn3)C2)cn1. The maximum absolute atomic E-state index is 12.6. The molecule has 0 aromatic carbocycles. The molecule has 1 aliphatic heterocycles. The monoisotopic (exact) mass is 389 g/mol. The van der Waals surface area contributed by atoms with Gasteiger partial charge in [0, 0.05) is 50.1 Å². The number of carbonyl (C=O) groups is 1. The fourth-order valence-corrected chi connectivity index (χ4v) is 3.40. The molecule has 0 bridgehead atoms.